The summed E-state index contributed by atoms with van der Waals surface area (Å²) in [5, 5.41) is 8.66. The Balaban J connectivity index is 1.80. The minimum Gasteiger partial charge on any atom is -0.493 e. The molecule has 1 saturated heterocycles. The lowest BCUT2D eigenvalue weighted by molar-refractivity contribution is -0.144. The van der Waals surface area contributed by atoms with Crippen molar-refractivity contribution in [1.29, 1.82) is 0 Å². The number of aliphatic carboxylic acids is 1. The van der Waals surface area contributed by atoms with E-state index in [1.807, 2.05) is 30.3 Å². The van der Waals surface area contributed by atoms with Crippen molar-refractivity contribution in [2.75, 3.05) is 7.11 Å². The molecule has 1 N–H and O–H groups in total. The summed E-state index contributed by atoms with van der Waals surface area (Å²) < 4.78 is 10.6. The van der Waals surface area contributed by atoms with Gasteiger partial charge in [-0.3, -0.25) is 14.5 Å². The van der Waals surface area contributed by atoms with E-state index >= 15 is 0 Å². The van der Waals surface area contributed by atoms with Crippen LogP contribution in [0.1, 0.15) is 18.1 Å². The molecule has 29 heavy (non-hydrogen) atoms. The van der Waals surface area contributed by atoms with Crippen molar-refractivity contribution in [2.24, 2.45) is 0 Å². The van der Waals surface area contributed by atoms with Crippen molar-refractivity contribution in [2.45, 2.75) is 19.6 Å². The first kappa shape index (κ1) is 20.5. The van der Waals surface area contributed by atoms with Crippen LogP contribution < -0.4 is 9.47 Å². The standard InChI is InChI=1S/C21H19NO6S/c1-13(20(24)25)28-16-9-8-15(10-17(16)27-2)11-18-19(23)22(21(26)29-18)12-14-6-4-3-5-7-14/h3-11,13H,12H2,1-2H3,(H,24,25). The highest BCUT2D eigenvalue weighted by atomic mass is 32.2. The second kappa shape index (κ2) is 8.83. The highest BCUT2D eigenvalue weighted by Gasteiger charge is 2.35. The Morgan fingerprint density at radius 3 is 2.55 bits per heavy atom. The summed E-state index contributed by atoms with van der Waals surface area (Å²) in [6.45, 7) is 1.63. The molecule has 3 rings (SSSR count). The molecule has 1 fully saturated rings. The number of benzene rings is 2. The van der Waals surface area contributed by atoms with Gasteiger partial charge in [0.2, 0.25) is 0 Å². The second-order valence-corrected chi connectivity index (χ2v) is 7.26. The quantitative estimate of drug-likeness (QED) is 0.691. The van der Waals surface area contributed by atoms with Gasteiger partial charge >= 0.3 is 5.97 Å². The minimum absolute atomic E-state index is 0.214. The second-order valence-electron chi connectivity index (χ2n) is 6.26. The van der Waals surface area contributed by atoms with Crippen molar-refractivity contribution in [3.8, 4) is 11.5 Å². The number of carboxylic acids is 1. The zero-order valence-corrected chi connectivity index (χ0v) is 16.6. The Labute approximate surface area is 171 Å². The van der Waals surface area contributed by atoms with Gasteiger partial charge in [0.1, 0.15) is 0 Å². The van der Waals surface area contributed by atoms with Crippen LogP contribution in [0, 0.1) is 0 Å². The summed E-state index contributed by atoms with van der Waals surface area (Å²) in [5.74, 6) is -0.849. The number of nitrogens with zero attached hydrogens (tertiary/aromatic N) is 1. The fourth-order valence-electron chi connectivity index (χ4n) is 2.67. The average molecular weight is 413 g/mol. The van der Waals surface area contributed by atoms with Crippen molar-refractivity contribution in [1.82, 2.24) is 4.90 Å². The van der Waals surface area contributed by atoms with Crippen molar-refractivity contribution in [3.63, 3.8) is 0 Å². The first-order valence-electron chi connectivity index (χ1n) is 8.76. The van der Waals surface area contributed by atoms with Crippen LogP contribution in [0.5, 0.6) is 11.5 Å². The molecule has 1 aliphatic heterocycles. The highest BCUT2D eigenvalue weighted by Crippen LogP contribution is 2.35. The number of carbonyl (C=O) groups is 3. The van der Waals surface area contributed by atoms with E-state index < -0.39 is 12.1 Å². The monoisotopic (exact) mass is 413 g/mol. The number of methoxy groups -OCH3 is 1. The van der Waals surface area contributed by atoms with Gasteiger partial charge in [-0.1, -0.05) is 36.4 Å². The third-order valence-corrected chi connectivity index (χ3v) is 5.10. The summed E-state index contributed by atoms with van der Waals surface area (Å²) in [6, 6.07) is 14.1. The van der Waals surface area contributed by atoms with Crippen molar-refractivity contribution >= 4 is 35.0 Å². The molecule has 0 aliphatic carbocycles. The molecule has 2 amide bonds. The van der Waals surface area contributed by atoms with Crippen LogP contribution in [0.15, 0.2) is 53.4 Å². The molecular weight excluding hydrogens is 394 g/mol. The number of hydrogen-bond acceptors (Lipinski definition) is 6. The van der Waals surface area contributed by atoms with Crippen LogP contribution >= 0.6 is 11.8 Å². The Morgan fingerprint density at radius 1 is 1.17 bits per heavy atom. The lowest BCUT2D eigenvalue weighted by Gasteiger charge is -2.14. The number of rotatable bonds is 7. The van der Waals surface area contributed by atoms with Crippen molar-refractivity contribution < 1.29 is 29.0 Å². The zero-order valence-electron chi connectivity index (χ0n) is 15.8. The van der Waals surface area contributed by atoms with Gasteiger partial charge in [-0.25, -0.2) is 4.79 Å². The van der Waals surface area contributed by atoms with Gasteiger partial charge in [0.05, 0.1) is 18.6 Å². The Kier molecular flexibility index (Phi) is 6.23. The summed E-state index contributed by atoms with van der Waals surface area (Å²) in [7, 11) is 1.44. The number of ether oxygens (including phenoxy) is 2. The fraction of sp³-hybridized carbons (Fsp3) is 0.190. The number of hydrogen-bond donors (Lipinski definition) is 1. The lowest BCUT2D eigenvalue weighted by Crippen LogP contribution is -2.27. The van der Waals surface area contributed by atoms with Gasteiger partial charge in [-0.2, -0.15) is 0 Å². The molecule has 1 heterocycles. The van der Waals surface area contributed by atoms with Gasteiger partial charge in [0.15, 0.2) is 17.6 Å². The molecule has 8 heteroatoms. The minimum atomic E-state index is -1.09. The molecule has 1 atom stereocenters. The van der Waals surface area contributed by atoms with E-state index in [4.69, 9.17) is 14.6 Å². The SMILES string of the molecule is COc1cc(C=C2SC(=O)N(Cc3ccccc3)C2=O)ccc1OC(C)C(=O)O. The fourth-order valence-corrected chi connectivity index (χ4v) is 3.50. The summed E-state index contributed by atoms with van der Waals surface area (Å²) in [5.41, 5.74) is 1.49. The molecule has 150 valence electrons. The number of amides is 2. The van der Waals surface area contributed by atoms with Gasteiger partial charge in [0.25, 0.3) is 11.1 Å². The number of imide groups is 1. The van der Waals surface area contributed by atoms with Crippen LogP contribution in [0.3, 0.4) is 0 Å². The summed E-state index contributed by atoms with van der Waals surface area (Å²) >= 11 is 0.877. The van der Waals surface area contributed by atoms with Crippen LogP contribution in [-0.4, -0.2) is 40.3 Å². The van der Waals surface area contributed by atoms with Crippen LogP contribution in [-0.2, 0) is 16.1 Å². The van der Waals surface area contributed by atoms with Crippen LogP contribution in [0.25, 0.3) is 6.08 Å². The molecule has 0 spiro atoms. The molecule has 0 radical (unpaired) electrons. The van der Waals surface area contributed by atoms with E-state index in [0.29, 0.717) is 16.2 Å². The van der Waals surface area contributed by atoms with E-state index in [-0.39, 0.29) is 23.4 Å². The first-order valence-corrected chi connectivity index (χ1v) is 9.57. The molecule has 0 bridgehead atoms. The Bertz CT molecular complexity index is 972. The molecule has 1 unspecified atom stereocenters. The predicted molar refractivity (Wildman–Crippen MR) is 109 cm³/mol. The normalized spacial score (nSPS) is 16.2. The number of carbonyl (C=O) groups excluding carboxylic acids is 2. The van der Waals surface area contributed by atoms with Gasteiger partial charge in [0, 0.05) is 0 Å². The van der Waals surface area contributed by atoms with E-state index in [2.05, 4.69) is 0 Å². The van der Waals surface area contributed by atoms with E-state index in [1.165, 1.54) is 18.9 Å². The predicted octanol–water partition coefficient (Wildman–Crippen LogP) is 3.78. The maximum atomic E-state index is 12.7. The average Bonchev–Trinajstić information content (AvgIpc) is 2.97. The zero-order chi connectivity index (χ0) is 21.0. The van der Waals surface area contributed by atoms with Gasteiger partial charge in [-0.05, 0) is 48.0 Å². The third kappa shape index (κ3) is 4.78. The summed E-state index contributed by atoms with van der Waals surface area (Å²) in [4.78, 5) is 37.4. The Morgan fingerprint density at radius 2 is 1.90 bits per heavy atom. The maximum Gasteiger partial charge on any atom is 0.344 e. The topological polar surface area (TPSA) is 93.1 Å². The maximum absolute atomic E-state index is 12.7. The van der Waals surface area contributed by atoms with Gasteiger partial charge < -0.3 is 14.6 Å². The molecule has 1 aliphatic rings. The highest BCUT2D eigenvalue weighted by molar-refractivity contribution is 8.18. The first-order chi connectivity index (χ1) is 13.9. The molecular formula is C21H19NO6S. The summed E-state index contributed by atoms with van der Waals surface area (Å²) in [6.07, 6.45) is 0.562. The molecule has 2 aromatic rings. The molecule has 0 aromatic heterocycles. The molecule has 0 saturated carbocycles. The van der Waals surface area contributed by atoms with Crippen molar-refractivity contribution in [3.05, 3.63) is 64.6 Å². The van der Waals surface area contributed by atoms with E-state index in [9.17, 15) is 14.4 Å². The van der Waals surface area contributed by atoms with Crippen LogP contribution in [0.4, 0.5) is 4.79 Å². The van der Waals surface area contributed by atoms with Gasteiger partial charge in [-0.15, -0.1) is 0 Å². The Hall–Kier alpha value is -3.26. The smallest absolute Gasteiger partial charge is 0.344 e. The molecule has 2 aromatic carbocycles. The van der Waals surface area contributed by atoms with E-state index in [1.54, 1.807) is 24.3 Å². The number of thioether (sulfide) groups is 1. The van der Waals surface area contributed by atoms with Crippen LogP contribution in [0.2, 0.25) is 0 Å². The number of carboxylic acid groups (broad SMARTS) is 1. The molecule has 7 nitrogen and oxygen atoms in total. The largest absolute Gasteiger partial charge is 0.493 e. The van der Waals surface area contributed by atoms with E-state index in [0.717, 1.165) is 17.3 Å². The third-order valence-electron chi connectivity index (χ3n) is 4.19. The lowest BCUT2D eigenvalue weighted by atomic mass is 10.1.